The first kappa shape index (κ1) is 16.8. The van der Waals surface area contributed by atoms with Gasteiger partial charge < -0.3 is 9.64 Å². The Hall–Kier alpha value is -3.00. The number of ether oxygens (including phenoxy) is 1. The molecule has 2 aromatic heterocycles. The Kier molecular flexibility index (Phi) is 4.90. The summed E-state index contributed by atoms with van der Waals surface area (Å²) in [6.45, 7) is 10.6. The molecule has 0 radical (unpaired) electrons. The Balaban J connectivity index is 2.18. The van der Waals surface area contributed by atoms with Crippen LogP contribution in [-0.4, -0.2) is 38.9 Å². The Morgan fingerprint density at radius 2 is 2.04 bits per heavy atom. The van der Waals surface area contributed by atoms with Crippen LogP contribution >= 0.6 is 0 Å². The molecule has 1 saturated heterocycles. The van der Waals surface area contributed by atoms with Gasteiger partial charge in [-0.2, -0.15) is 9.97 Å². The van der Waals surface area contributed by atoms with Crippen LogP contribution in [0.3, 0.4) is 0 Å². The monoisotopic (exact) mass is 340 g/mol. The molecule has 0 saturated carbocycles. The summed E-state index contributed by atoms with van der Waals surface area (Å²) in [5.74, 6) is 6.61. The van der Waals surface area contributed by atoms with Gasteiger partial charge in [-0.3, -0.25) is 18.8 Å². The van der Waals surface area contributed by atoms with Gasteiger partial charge in [0.05, 0.1) is 6.54 Å². The zero-order chi connectivity index (χ0) is 17.8. The predicted molar refractivity (Wildman–Crippen MR) is 94.4 cm³/mol. The lowest BCUT2D eigenvalue weighted by Crippen LogP contribution is -2.32. The molecule has 0 spiro atoms. The molecule has 0 aromatic carbocycles. The second-order valence-corrected chi connectivity index (χ2v) is 5.83. The Morgan fingerprint density at radius 1 is 1.28 bits per heavy atom. The van der Waals surface area contributed by atoms with E-state index in [0.29, 0.717) is 17.7 Å². The average molecular weight is 340 g/mol. The summed E-state index contributed by atoms with van der Waals surface area (Å²) in [6, 6.07) is 0.102. The molecule has 0 unspecified atom stereocenters. The van der Waals surface area contributed by atoms with Crippen LogP contribution in [0.5, 0.6) is 6.01 Å². The number of anilines is 1. The summed E-state index contributed by atoms with van der Waals surface area (Å²) in [6.07, 6.45) is 3.42. The van der Waals surface area contributed by atoms with Gasteiger partial charge in [-0.05, 0) is 26.2 Å². The average Bonchev–Trinajstić information content (AvgIpc) is 3.01. The van der Waals surface area contributed by atoms with Gasteiger partial charge in [0.2, 0.25) is 5.95 Å². The molecule has 3 rings (SSSR count). The maximum absolute atomic E-state index is 12.8. The second kappa shape index (κ2) is 7.27. The largest absolute Gasteiger partial charge is 0.392 e. The predicted octanol–water partition coefficient (Wildman–Crippen LogP) is 1.40. The second-order valence-electron chi connectivity index (χ2n) is 5.83. The molecule has 1 aliphatic heterocycles. The zero-order valence-corrected chi connectivity index (χ0v) is 14.4. The van der Waals surface area contributed by atoms with Crippen LogP contribution in [0.1, 0.15) is 26.2 Å². The molecule has 2 aromatic rings. The quantitative estimate of drug-likeness (QED) is 0.622. The molecule has 8 nitrogen and oxygen atoms in total. The van der Waals surface area contributed by atoms with Crippen molar-refractivity contribution in [3.63, 3.8) is 0 Å². The first-order valence-electron chi connectivity index (χ1n) is 8.25. The summed E-state index contributed by atoms with van der Waals surface area (Å²) in [5.41, 5.74) is 0.501. The standard InChI is InChI=1S/C17H20N6O2/c1-4-5-11-23-13-14(19-16(23)22-9-7-6-8-10-22)20-17(25-12-18-2)21(3)15(13)24/h6-12H2,1,3H3. The number of fused-ring (bicyclic) bond motifs is 1. The van der Waals surface area contributed by atoms with Crippen molar-refractivity contribution < 1.29 is 4.74 Å². The SMILES string of the molecule is [C-]#[N+]COc1nc2nc(N3CCCCC3)n(CC#CC)c2c(=O)n1C. The van der Waals surface area contributed by atoms with Crippen LogP contribution in [0.4, 0.5) is 5.95 Å². The highest BCUT2D eigenvalue weighted by molar-refractivity contribution is 5.74. The van der Waals surface area contributed by atoms with Crippen molar-refractivity contribution in [2.75, 3.05) is 24.7 Å². The highest BCUT2D eigenvalue weighted by Gasteiger charge is 2.23. The molecule has 0 bridgehead atoms. The molecule has 0 atom stereocenters. The van der Waals surface area contributed by atoms with E-state index in [2.05, 4.69) is 31.6 Å². The van der Waals surface area contributed by atoms with E-state index in [1.54, 1.807) is 14.0 Å². The van der Waals surface area contributed by atoms with Gasteiger partial charge in [-0.25, -0.2) is 6.57 Å². The Labute approximate surface area is 145 Å². The molecule has 130 valence electrons. The van der Waals surface area contributed by atoms with Crippen LogP contribution in [0.15, 0.2) is 4.79 Å². The van der Waals surface area contributed by atoms with Crippen LogP contribution in [0.25, 0.3) is 16.0 Å². The van der Waals surface area contributed by atoms with E-state index in [4.69, 9.17) is 11.3 Å². The van der Waals surface area contributed by atoms with Crippen LogP contribution < -0.4 is 15.2 Å². The third-order valence-electron chi connectivity index (χ3n) is 4.24. The van der Waals surface area contributed by atoms with E-state index < -0.39 is 0 Å². The number of imidazole rings is 1. The van der Waals surface area contributed by atoms with Gasteiger partial charge in [0.25, 0.3) is 5.56 Å². The van der Waals surface area contributed by atoms with Crippen molar-refractivity contribution in [3.8, 4) is 17.9 Å². The first-order chi connectivity index (χ1) is 12.2. The van der Waals surface area contributed by atoms with Gasteiger partial charge >= 0.3 is 12.7 Å². The minimum atomic E-state index is -0.251. The third kappa shape index (κ3) is 3.16. The topological polar surface area (TPSA) is 69.5 Å². The Morgan fingerprint density at radius 3 is 2.72 bits per heavy atom. The number of nitrogens with zero attached hydrogens (tertiary/aromatic N) is 6. The number of hydrogen-bond donors (Lipinski definition) is 0. The highest BCUT2D eigenvalue weighted by Crippen LogP contribution is 2.23. The van der Waals surface area contributed by atoms with Gasteiger partial charge in [0.15, 0.2) is 11.2 Å². The minimum Gasteiger partial charge on any atom is -0.392 e. The van der Waals surface area contributed by atoms with Crippen LogP contribution in [-0.2, 0) is 13.6 Å². The summed E-state index contributed by atoms with van der Waals surface area (Å²) in [7, 11) is 1.58. The molecule has 0 N–H and O–H groups in total. The van der Waals surface area contributed by atoms with E-state index in [0.717, 1.165) is 31.9 Å². The summed E-state index contributed by atoms with van der Waals surface area (Å²) >= 11 is 0. The molecule has 0 aliphatic carbocycles. The molecular weight excluding hydrogens is 320 g/mol. The number of aromatic nitrogens is 4. The molecular formula is C17H20N6O2. The maximum atomic E-state index is 12.8. The number of piperidine rings is 1. The third-order valence-corrected chi connectivity index (χ3v) is 4.24. The molecule has 8 heteroatoms. The van der Waals surface area contributed by atoms with Crippen molar-refractivity contribution in [2.45, 2.75) is 32.7 Å². The van der Waals surface area contributed by atoms with E-state index in [1.807, 2.05) is 4.57 Å². The summed E-state index contributed by atoms with van der Waals surface area (Å²) < 4.78 is 8.41. The number of hydrogen-bond acceptors (Lipinski definition) is 5. The maximum Gasteiger partial charge on any atom is 0.359 e. The number of rotatable bonds is 4. The molecule has 0 amide bonds. The van der Waals surface area contributed by atoms with Crippen molar-refractivity contribution in [1.82, 2.24) is 19.1 Å². The first-order valence-corrected chi connectivity index (χ1v) is 8.25. The van der Waals surface area contributed by atoms with E-state index in [1.165, 1.54) is 11.0 Å². The van der Waals surface area contributed by atoms with Crippen molar-refractivity contribution >= 4 is 17.1 Å². The fraction of sp³-hybridized carbons (Fsp3) is 0.529. The van der Waals surface area contributed by atoms with Crippen molar-refractivity contribution in [1.29, 1.82) is 0 Å². The van der Waals surface area contributed by atoms with Crippen molar-refractivity contribution in [3.05, 3.63) is 21.8 Å². The van der Waals surface area contributed by atoms with Gasteiger partial charge in [0.1, 0.15) is 0 Å². The molecule has 25 heavy (non-hydrogen) atoms. The zero-order valence-electron chi connectivity index (χ0n) is 14.4. The Bertz CT molecular complexity index is 934. The van der Waals surface area contributed by atoms with Gasteiger partial charge in [-0.15, -0.1) is 5.92 Å². The van der Waals surface area contributed by atoms with Crippen LogP contribution in [0.2, 0.25) is 0 Å². The van der Waals surface area contributed by atoms with Crippen LogP contribution in [0, 0.1) is 18.4 Å². The molecule has 1 fully saturated rings. The van der Waals surface area contributed by atoms with E-state index in [-0.39, 0.29) is 18.3 Å². The van der Waals surface area contributed by atoms with Gasteiger partial charge in [0, 0.05) is 20.1 Å². The smallest absolute Gasteiger partial charge is 0.359 e. The van der Waals surface area contributed by atoms with E-state index >= 15 is 0 Å². The summed E-state index contributed by atoms with van der Waals surface area (Å²) in [5, 5.41) is 0. The molecule has 1 aliphatic rings. The van der Waals surface area contributed by atoms with Gasteiger partial charge in [-0.1, -0.05) is 5.92 Å². The highest BCUT2D eigenvalue weighted by atomic mass is 16.5. The lowest BCUT2D eigenvalue weighted by molar-refractivity contribution is 0.314. The lowest BCUT2D eigenvalue weighted by Gasteiger charge is -2.27. The van der Waals surface area contributed by atoms with Crippen molar-refractivity contribution in [2.24, 2.45) is 7.05 Å². The summed E-state index contributed by atoms with van der Waals surface area (Å²) in [4.78, 5) is 27.1. The normalized spacial score (nSPS) is 14.0. The minimum absolute atomic E-state index is 0.102. The fourth-order valence-corrected chi connectivity index (χ4v) is 2.99. The fourth-order valence-electron chi connectivity index (χ4n) is 2.99. The molecule has 3 heterocycles. The lowest BCUT2D eigenvalue weighted by atomic mass is 10.1. The van der Waals surface area contributed by atoms with E-state index in [9.17, 15) is 4.79 Å².